The first-order valence-corrected chi connectivity index (χ1v) is 14.4. The minimum atomic E-state index is -0.858. The van der Waals surface area contributed by atoms with Crippen molar-refractivity contribution in [1.29, 1.82) is 0 Å². The molecule has 0 aromatic rings. The van der Waals surface area contributed by atoms with E-state index in [0.717, 1.165) is 38.5 Å². The zero-order chi connectivity index (χ0) is 26.0. The summed E-state index contributed by atoms with van der Waals surface area (Å²) in [6.07, 6.45) is 5.51. The average molecular weight is 493 g/mol. The standard InChI is InChI=1S/C30H52O5/c1-25(2)19-10-13-27(5)20(30(19,8)22(33)16-21(25)32)15-18(31)24-17(9-12-28(24,27)6)29(7)14-11-23(35-29)26(3,4)34/h17-24,31-34H,9-16H2,1-8H3/t17-,18+,19-,20-,21+,22+,23-,24-,27+,28+,29+,30-/m0/s1. The van der Waals surface area contributed by atoms with Crippen LogP contribution in [0.5, 0.6) is 0 Å². The second-order valence-electron chi connectivity index (χ2n) is 15.5. The fraction of sp³-hybridized carbons (Fsp3) is 1.00. The first-order valence-electron chi connectivity index (χ1n) is 14.4. The largest absolute Gasteiger partial charge is 0.393 e. The highest BCUT2D eigenvalue weighted by Crippen LogP contribution is 2.76. The molecule has 0 amide bonds. The molecule has 1 heterocycles. The minimum Gasteiger partial charge on any atom is -0.393 e. The van der Waals surface area contributed by atoms with Crippen molar-refractivity contribution in [1.82, 2.24) is 0 Å². The highest BCUT2D eigenvalue weighted by Gasteiger charge is 2.73. The van der Waals surface area contributed by atoms with Crippen LogP contribution in [0, 0.1) is 45.3 Å². The molecule has 5 rings (SSSR count). The van der Waals surface area contributed by atoms with Crippen LogP contribution in [-0.4, -0.2) is 56.0 Å². The van der Waals surface area contributed by atoms with E-state index in [0.29, 0.717) is 12.8 Å². The van der Waals surface area contributed by atoms with Gasteiger partial charge < -0.3 is 25.2 Å². The second kappa shape index (κ2) is 7.68. The van der Waals surface area contributed by atoms with E-state index in [1.165, 1.54) is 0 Å². The number of hydrogen-bond acceptors (Lipinski definition) is 5. The van der Waals surface area contributed by atoms with Gasteiger partial charge in [-0.25, -0.2) is 0 Å². The molecule has 0 spiro atoms. The number of hydrogen-bond donors (Lipinski definition) is 4. The molecule has 0 radical (unpaired) electrons. The zero-order valence-corrected chi connectivity index (χ0v) is 23.5. The summed E-state index contributed by atoms with van der Waals surface area (Å²) in [5.41, 5.74) is -1.76. The predicted octanol–water partition coefficient (Wildman–Crippen LogP) is 4.68. The summed E-state index contributed by atoms with van der Waals surface area (Å²) in [6, 6.07) is 0. The second-order valence-corrected chi connectivity index (χ2v) is 15.5. The Kier molecular flexibility index (Phi) is 5.80. The van der Waals surface area contributed by atoms with Gasteiger partial charge in [-0.2, -0.15) is 0 Å². The number of aliphatic hydroxyl groups excluding tert-OH is 3. The summed E-state index contributed by atoms with van der Waals surface area (Å²) in [5.74, 6) is 0.882. The smallest absolute Gasteiger partial charge is 0.0865 e. The van der Waals surface area contributed by atoms with Gasteiger partial charge in [-0.15, -0.1) is 0 Å². The highest BCUT2D eigenvalue weighted by molar-refractivity contribution is 5.21. The van der Waals surface area contributed by atoms with E-state index >= 15 is 0 Å². The lowest BCUT2D eigenvalue weighted by atomic mass is 9.34. The van der Waals surface area contributed by atoms with Crippen LogP contribution in [0.15, 0.2) is 0 Å². The Hall–Kier alpha value is -0.200. The van der Waals surface area contributed by atoms with Crippen LogP contribution in [0.3, 0.4) is 0 Å². The van der Waals surface area contributed by atoms with Crippen LogP contribution >= 0.6 is 0 Å². The Morgan fingerprint density at radius 1 is 0.743 bits per heavy atom. The van der Waals surface area contributed by atoms with Gasteiger partial charge in [0.25, 0.3) is 0 Å². The third kappa shape index (κ3) is 3.30. The molecule has 1 saturated heterocycles. The van der Waals surface area contributed by atoms with Gasteiger partial charge in [-0.3, -0.25) is 0 Å². The van der Waals surface area contributed by atoms with Crippen molar-refractivity contribution in [3.8, 4) is 0 Å². The fourth-order valence-electron chi connectivity index (χ4n) is 11.0. The molecule has 5 heteroatoms. The SMILES string of the molecule is CC(C)(O)[C@@H]1CC[C@](C)([C@H]2CC[C@]3(C)[C@@H]2[C@H](O)C[C@@H]2[C@@]4(C)[C@H](O)C[C@@H](O)C(C)(C)[C@@H]4CC[C@]23C)O1. The molecule has 0 aromatic heterocycles. The van der Waals surface area contributed by atoms with Crippen molar-refractivity contribution < 1.29 is 25.2 Å². The van der Waals surface area contributed by atoms with Gasteiger partial charge in [0, 0.05) is 11.8 Å². The van der Waals surface area contributed by atoms with Gasteiger partial charge in [0.05, 0.1) is 35.6 Å². The maximum atomic E-state index is 11.9. The molecule has 1 aliphatic heterocycles. The Balaban J connectivity index is 1.50. The molecule has 12 atom stereocenters. The number of rotatable bonds is 2. The van der Waals surface area contributed by atoms with Gasteiger partial charge in [0.15, 0.2) is 0 Å². The summed E-state index contributed by atoms with van der Waals surface area (Å²) in [6.45, 7) is 17.4. The van der Waals surface area contributed by atoms with Gasteiger partial charge in [-0.05, 0) is 106 Å². The molecule has 0 unspecified atom stereocenters. The molecule has 4 N–H and O–H groups in total. The van der Waals surface area contributed by atoms with Crippen molar-refractivity contribution >= 4 is 0 Å². The van der Waals surface area contributed by atoms with Crippen molar-refractivity contribution in [3.63, 3.8) is 0 Å². The van der Waals surface area contributed by atoms with Crippen molar-refractivity contribution in [2.75, 3.05) is 0 Å². The first-order chi connectivity index (χ1) is 15.9. The first kappa shape index (κ1) is 26.4. The molecule has 4 saturated carbocycles. The number of aliphatic hydroxyl groups is 4. The van der Waals surface area contributed by atoms with E-state index < -0.39 is 23.9 Å². The predicted molar refractivity (Wildman–Crippen MR) is 137 cm³/mol. The zero-order valence-electron chi connectivity index (χ0n) is 23.5. The third-order valence-corrected chi connectivity index (χ3v) is 13.4. The van der Waals surface area contributed by atoms with E-state index in [2.05, 4.69) is 41.5 Å². The van der Waals surface area contributed by atoms with Gasteiger partial charge in [0.1, 0.15) is 0 Å². The molecule has 5 nitrogen and oxygen atoms in total. The highest BCUT2D eigenvalue weighted by atomic mass is 16.5. The van der Waals surface area contributed by atoms with Crippen LogP contribution in [0.25, 0.3) is 0 Å². The van der Waals surface area contributed by atoms with Gasteiger partial charge in [0.2, 0.25) is 0 Å². The van der Waals surface area contributed by atoms with E-state index in [9.17, 15) is 20.4 Å². The lowest BCUT2D eigenvalue weighted by Crippen LogP contribution is -2.69. The van der Waals surface area contributed by atoms with Gasteiger partial charge in [-0.1, -0.05) is 34.6 Å². The third-order valence-electron chi connectivity index (χ3n) is 13.4. The van der Waals surface area contributed by atoms with Crippen molar-refractivity contribution in [2.45, 2.75) is 142 Å². The maximum absolute atomic E-state index is 11.9. The Labute approximate surface area is 213 Å². The molecule has 5 fully saturated rings. The van der Waals surface area contributed by atoms with E-state index in [4.69, 9.17) is 4.74 Å². The number of ether oxygens (including phenoxy) is 1. The average Bonchev–Trinajstić information content (AvgIpc) is 3.32. The molecular weight excluding hydrogens is 440 g/mol. The molecule has 35 heavy (non-hydrogen) atoms. The summed E-state index contributed by atoms with van der Waals surface area (Å²) in [5, 5.41) is 44.9. The van der Waals surface area contributed by atoms with Crippen LogP contribution in [0.1, 0.15) is 107 Å². The molecule has 0 aromatic carbocycles. The molecular formula is C30H52O5. The number of fused-ring (bicyclic) bond motifs is 5. The van der Waals surface area contributed by atoms with Crippen molar-refractivity contribution in [3.05, 3.63) is 0 Å². The molecule has 4 aliphatic carbocycles. The lowest BCUT2D eigenvalue weighted by Gasteiger charge is -2.71. The van der Waals surface area contributed by atoms with Crippen LogP contribution in [0.4, 0.5) is 0 Å². The van der Waals surface area contributed by atoms with E-state index in [-0.39, 0.29) is 57.0 Å². The van der Waals surface area contributed by atoms with Crippen molar-refractivity contribution in [2.24, 2.45) is 45.3 Å². The Morgan fingerprint density at radius 3 is 1.97 bits per heavy atom. The van der Waals surface area contributed by atoms with Crippen LogP contribution in [-0.2, 0) is 4.74 Å². The molecule has 202 valence electrons. The Morgan fingerprint density at radius 2 is 1.37 bits per heavy atom. The molecule has 0 bridgehead atoms. The van der Waals surface area contributed by atoms with Crippen LogP contribution in [0.2, 0.25) is 0 Å². The van der Waals surface area contributed by atoms with E-state index in [1.54, 1.807) is 0 Å². The summed E-state index contributed by atoms with van der Waals surface area (Å²) in [4.78, 5) is 0. The molecule has 5 aliphatic rings. The monoisotopic (exact) mass is 492 g/mol. The maximum Gasteiger partial charge on any atom is 0.0865 e. The topological polar surface area (TPSA) is 90.2 Å². The Bertz CT molecular complexity index is 850. The fourth-order valence-corrected chi connectivity index (χ4v) is 11.0. The lowest BCUT2D eigenvalue weighted by molar-refractivity contribution is -0.275. The normalized spacial score (nSPS) is 57.9. The van der Waals surface area contributed by atoms with Crippen LogP contribution < -0.4 is 0 Å². The summed E-state index contributed by atoms with van der Waals surface area (Å²) >= 11 is 0. The minimum absolute atomic E-state index is 0.0147. The quantitative estimate of drug-likeness (QED) is 0.449. The van der Waals surface area contributed by atoms with E-state index in [1.807, 2.05) is 13.8 Å². The van der Waals surface area contributed by atoms with Gasteiger partial charge >= 0.3 is 0 Å². The summed E-state index contributed by atoms with van der Waals surface area (Å²) < 4.78 is 6.64. The summed E-state index contributed by atoms with van der Waals surface area (Å²) in [7, 11) is 0.